The first kappa shape index (κ1) is 18.5. The number of aryl methyl sites for hydroxylation is 1. The monoisotopic (exact) mass is 356 g/mol. The third-order valence-corrected chi connectivity index (χ3v) is 4.87. The molecule has 3 heterocycles. The average Bonchev–Trinajstić information content (AvgIpc) is 3.17. The smallest absolute Gasteiger partial charge is 0.231 e. The molecule has 0 amide bonds. The van der Waals surface area contributed by atoms with Crippen molar-refractivity contribution in [3.05, 3.63) is 42.0 Å². The van der Waals surface area contributed by atoms with Crippen LogP contribution in [0.15, 0.2) is 30.6 Å². The summed E-state index contributed by atoms with van der Waals surface area (Å²) in [6.45, 7) is 12.5. The van der Waals surface area contributed by atoms with Gasteiger partial charge in [-0.1, -0.05) is 19.9 Å². The molecule has 0 radical (unpaired) electrons. The van der Waals surface area contributed by atoms with Gasteiger partial charge in [-0.25, -0.2) is 9.97 Å². The molecule has 1 unspecified atom stereocenters. The van der Waals surface area contributed by atoms with E-state index in [0.717, 1.165) is 49.2 Å². The predicted molar refractivity (Wildman–Crippen MR) is 103 cm³/mol. The largest absolute Gasteiger partial charge is 0.454 e. The molecule has 6 nitrogen and oxygen atoms in total. The lowest BCUT2D eigenvalue weighted by Crippen LogP contribution is -2.47. The van der Waals surface area contributed by atoms with Crippen LogP contribution in [0.2, 0.25) is 0 Å². The van der Waals surface area contributed by atoms with Crippen LogP contribution < -0.4 is 14.4 Å². The Labute approximate surface area is 155 Å². The highest BCUT2D eigenvalue weighted by Gasteiger charge is 2.24. The summed E-state index contributed by atoms with van der Waals surface area (Å²) in [4.78, 5) is 13.4. The maximum atomic E-state index is 5.50. The molecular weight excluding hydrogens is 328 g/mol. The van der Waals surface area contributed by atoms with Crippen LogP contribution in [0, 0.1) is 6.92 Å². The van der Waals surface area contributed by atoms with Gasteiger partial charge in [0.15, 0.2) is 11.5 Å². The highest BCUT2D eigenvalue weighted by Crippen LogP contribution is 2.35. The van der Waals surface area contributed by atoms with Gasteiger partial charge in [0.2, 0.25) is 6.79 Å². The maximum absolute atomic E-state index is 5.50. The number of piperazine rings is 1. The van der Waals surface area contributed by atoms with Crippen LogP contribution in [0.1, 0.15) is 38.2 Å². The van der Waals surface area contributed by atoms with Crippen molar-refractivity contribution in [2.75, 3.05) is 37.9 Å². The summed E-state index contributed by atoms with van der Waals surface area (Å²) in [5.74, 6) is 2.51. The lowest BCUT2D eigenvalue weighted by Gasteiger charge is -2.39. The second-order valence-electron chi connectivity index (χ2n) is 6.30. The molecule has 1 fully saturated rings. The Morgan fingerprint density at radius 3 is 2.31 bits per heavy atom. The van der Waals surface area contributed by atoms with Gasteiger partial charge in [0.1, 0.15) is 5.82 Å². The van der Waals surface area contributed by atoms with Crippen LogP contribution in [0.25, 0.3) is 0 Å². The molecule has 0 spiro atoms. The van der Waals surface area contributed by atoms with Crippen molar-refractivity contribution in [1.29, 1.82) is 0 Å². The molecule has 2 aliphatic rings. The van der Waals surface area contributed by atoms with E-state index in [1.54, 1.807) is 0 Å². The number of fused-ring (bicyclic) bond motifs is 1. The molecule has 140 valence electrons. The fraction of sp³-hybridized carbons (Fsp3) is 0.500. The summed E-state index contributed by atoms with van der Waals surface area (Å²) in [5, 5.41) is 0. The number of rotatable bonds is 3. The molecule has 0 bridgehead atoms. The Morgan fingerprint density at radius 2 is 1.62 bits per heavy atom. The molecule has 0 saturated carbocycles. The third kappa shape index (κ3) is 3.90. The minimum Gasteiger partial charge on any atom is -0.454 e. The van der Waals surface area contributed by atoms with E-state index < -0.39 is 0 Å². The Bertz CT molecular complexity index is 712. The molecule has 1 aromatic heterocycles. The number of aromatic nitrogens is 2. The van der Waals surface area contributed by atoms with E-state index in [-0.39, 0.29) is 0 Å². The van der Waals surface area contributed by atoms with Crippen LogP contribution in [0.4, 0.5) is 5.69 Å². The van der Waals surface area contributed by atoms with E-state index in [1.165, 1.54) is 5.56 Å². The zero-order valence-corrected chi connectivity index (χ0v) is 16.1. The molecule has 4 rings (SSSR count). The van der Waals surface area contributed by atoms with E-state index in [1.807, 2.05) is 39.2 Å². The van der Waals surface area contributed by atoms with Gasteiger partial charge in [0, 0.05) is 32.2 Å². The van der Waals surface area contributed by atoms with Gasteiger partial charge in [0.25, 0.3) is 0 Å². The summed E-state index contributed by atoms with van der Waals surface area (Å²) < 4.78 is 10.9. The van der Waals surface area contributed by atoms with E-state index in [4.69, 9.17) is 9.47 Å². The number of nitrogens with zero attached hydrogens (tertiary/aromatic N) is 4. The van der Waals surface area contributed by atoms with E-state index in [9.17, 15) is 0 Å². The van der Waals surface area contributed by atoms with Crippen molar-refractivity contribution in [3.63, 3.8) is 0 Å². The lowest BCUT2D eigenvalue weighted by molar-refractivity contribution is 0.173. The number of hydrogen-bond acceptors (Lipinski definition) is 6. The topological polar surface area (TPSA) is 50.7 Å². The molecule has 1 saturated heterocycles. The molecule has 6 heteroatoms. The van der Waals surface area contributed by atoms with E-state index in [2.05, 4.69) is 38.8 Å². The van der Waals surface area contributed by atoms with Crippen molar-refractivity contribution >= 4 is 5.69 Å². The first-order valence-electron chi connectivity index (χ1n) is 9.38. The minimum atomic E-state index is 0.324. The van der Waals surface area contributed by atoms with Crippen LogP contribution in [0.3, 0.4) is 0 Å². The zero-order valence-electron chi connectivity index (χ0n) is 16.1. The summed E-state index contributed by atoms with van der Waals surface area (Å²) in [6.07, 6.45) is 3.83. The van der Waals surface area contributed by atoms with Crippen LogP contribution >= 0.6 is 0 Å². The Hall–Kier alpha value is -2.34. The molecule has 1 atom stereocenters. The standard InChI is InChI=1S/C18H22N4O2.C2H6/c1-13(15-3-4-17-18(9-15)24-12-23-17)21-5-7-22(8-6-21)16-10-19-14(2)20-11-16;1-2/h3-4,9-11,13H,5-8,12H2,1-2H3;1-2H3. The predicted octanol–water partition coefficient (Wildman–Crippen LogP) is 3.42. The van der Waals surface area contributed by atoms with Gasteiger partial charge in [-0.05, 0) is 31.5 Å². The number of benzene rings is 1. The van der Waals surface area contributed by atoms with Gasteiger partial charge in [0.05, 0.1) is 18.1 Å². The second-order valence-corrected chi connectivity index (χ2v) is 6.30. The molecule has 2 aliphatic heterocycles. The summed E-state index contributed by atoms with van der Waals surface area (Å²) in [6, 6.07) is 6.61. The van der Waals surface area contributed by atoms with Crippen molar-refractivity contribution < 1.29 is 9.47 Å². The fourth-order valence-electron chi connectivity index (χ4n) is 3.30. The first-order chi connectivity index (χ1) is 12.7. The number of anilines is 1. The number of hydrogen-bond donors (Lipinski definition) is 0. The molecule has 26 heavy (non-hydrogen) atoms. The quantitative estimate of drug-likeness (QED) is 0.840. The average molecular weight is 356 g/mol. The highest BCUT2D eigenvalue weighted by molar-refractivity contribution is 5.45. The van der Waals surface area contributed by atoms with E-state index >= 15 is 0 Å². The Balaban J connectivity index is 0.000000948. The van der Waals surface area contributed by atoms with E-state index in [0.29, 0.717) is 12.8 Å². The van der Waals surface area contributed by atoms with Crippen molar-refractivity contribution in [3.8, 4) is 11.5 Å². The van der Waals surface area contributed by atoms with Gasteiger partial charge in [-0.15, -0.1) is 0 Å². The summed E-state index contributed by atoms with van der Waals surface area (Å²) in [7, 11) is 0. The van der Waals surface area contributed by atoms with Gasteiger partial charge in [-0.3, -0.25) is 4.90 Å². The lowest BCUT2D eigenvalue weighted by atomic mass is 10.1. The maximum Gasteiger partial charge on any atom is 0.231 e. The molecule has 0 aliphatic carbocycles. The zero-order chi connectivity index (χ0) is 18.5. The Kier molecular flexibility index (Phi) is 5.93. The Morgan fingerprint density at radius 1 is 0.962 bits per heavy atom. The first-order valence-corrected chi connectivity index (χ1v) is 9.38. The van der Waals surface area contributed by atoms with Gasteiger partial charge >= 0.3 is 0 Å². The third-order valence-electron chi connectivity index (χ3n) is 4.87. The summed E-state index contributed by atoms with van der Waals surface area (Å²) in [5.41, 5.74) is 2.38. The van der Waals surface area contributed by atoms with Crippen LogP contribution in [-0.2, 0) is 0 Å². The molecule has 2 aromatic rings. The van der Waals surface area contributed by atoms with Crippen molar-refractivity contribution in [1.82, 2.24) is 14.9 Å². The summed E-state index contributed by atoms with van der Waals surface area (Å²) >= 11 is 0. The van der Waals surface area contributed by atoms with Gasteiger partial charge in [-0.2, -0.15) is 0 Å². The van der Waals surface area contributed by atoms with Crippen molar-refractivity contribution in [2.24, 2.45) is 0 Å². The number of ether oxygens (including phenoxy) is 2. The van der Waals surface area contributed by atoms with Crippen LogP contribution in [-0.4, -0.2) is 47.8 Å². The molecule has 1 aromatic carbocycles. The van der Waals surface area contributed by atoms with Crippen LogP contribution in [0.5, 0.6) is 11.5 Å². The van der Waals surface area contributed by atoms with Crippen molar-refractivity contribution in [2.45, 2.75) is 33.7 Å². The fourth-order valence-corrected chi connectivity index (χ4v) is 3.30. The molecular formula is C20H28N4O2. The second kappa shape index (κ2) is 8.36. The minimum absolute atomic E-state index is 0.324. The normalized spacial score (nSPS) is 17.5. The highest BCUT2D eigenvalue weighted by atomic mass is 16.7. The SMILES string of the molecule is CC.Cc1ncc(N2CCN(C(C)c3ccc4c(c3)OCO4)CC2)cn1. The molecule has 0 N–H and O–H groups in total. The van der Waals surface area contributed by atoms with Gasteiger partial charge < -0.3 is 14.4 Å².